The number of aryl methyl sites for hydroxylation is 1. The average Bonchev–Trinajstić information content (AvgIpc) is 2.94. The zero-order chi connectivity index (χ0) is 18.0. The van der Waals surface area contributed by atoms with Crippen LogP contribution in [-0.2, 0) is 11.3 Å². The topological polar surface area (TPSA) is 67.0 Å². The van der Waals surface area contributed by atoms with E-state index < -0.39 is 0 Å². The molecule has 0 aliphatic carbocycles. The molecule has 3 rings (SSSR count). The Morgan fingerprint density at radius 2 is 1.96 bits per heavy atom. The van der Waals surface area contributed by atoms with Crippen molar-refractivity contribution in [2.75, 3.05) is 12.4 Å². The molecule has 1 amide bonds. The van der Waals surface area contributed by atoms with Crippen LogP contribution in [-0.4, -0.2) is 17.6 Å². The normalized spacial score (nSPS) is 10.5. The molecule has 0 atom stereocenters. The molecule has 0 unspecified atom stereocenters. The second kappa shape index (κ2) is 6.70. The number of anilines is 1. The molecule has 1 N–H and O–H groups in total. The van der Waals surface area contributed by atoms with Crippen LogP contribution in [0, 0.1) is 11.3 Å². The van der Waals surface area contributed by atoms with Crippen molar-refractivity contribution in [1.29, 1.82) is 5.26 Å². The largest absolute Gasteiger partial charge is 0.497 e. The first-order valence-electron chi connectivity index (χ1n) is 8.07. The summed E-state index contributed by atoms with van der Waals surface area (Å²) >= 11 is 0. The van der Waals surface area contributed by atoms with E-state index in [1.165, 1.54) is 6.92 Å². The molecule has 0 saturated carbocycles. The maximum absolute atomic E-state index is 11.2. The van der Waals surface area contributed by atoms with Gasteiger partial charge in [0.25, 0.3) is 0 Å². The molecule has 1 aromatic heterocycles. The number of nitrogens with zero attached hydrogens (tertiary/aromatic N) is 2. The SMILES string of the molecule is CCn1c(-c2ccc(NC(C)=O)cc2)c(C#N)c2cc(OC)ccc21. The van der Waals surface area contributed by atoms with E-state index >= 15 is 0 Å². The Morgan fingerprint density at radius 3 is 2.52 bits per heavy atom. The van der Waals surface area contributed by atoms with Crippen LogP contribution >= 0.6 is 0 Å². The molecule has 126 valence electrons. The van der Waals surface area contributed by atoms with E-state index in [0.717, 1.165) is 40.1 Å². The summed E-state index contributed by atoms with van der Waals surface area (Å²) in [6.07, 6.45) is 0. The molecular formula is C20H19N3O2. The summed E-state index contributed by atoms with van der Waals surface area (Å²) < 4.78 is 7.43. The zero-order valence-electron chi connectivity index (χ0n) is 14.5. The van der Waals surface area contributed by atoms with E-state index in [2.05, 4.69) is 22.9 Å². The van der Waals surface area contributed by atoms with Gasteiger partial charge in [0.15, 0.2) is 0 Å². The minimum absolute atomic E-state index is 0.111. The number of nitrogens with one attached hydrogen (secondary N) is 1. The second-order valence-electron chi connectivity index (χ2n) is 5.72. The molecule has 0 spiro atoms. The van der Waals surface area contributed by atoms with Crippen LogP contribution in [0.3, 0.4) is 0 Å². The Kier molecular flexibility index (Phi) is 4.44. The van der Waals surface area contributed by atoms with Crippen molar-refractivity contribution < 1.29 is 9.53 Å². The minimum atomic E-state index is -0.111. The molecule has 0 aliphatic rings. The van der Waals surface area contributed by atoms with Crippen LogP contribution < -0.4 is 10.1 Å². The van der Waals surface area contributed by atoms with E-state index in [1.807, 2.05) is 42.5 Å². The van der Waals surface area contributed by atoms with E-state index in [4.69, 9.17) is 4.74 Å². The lowest BCUT2D eigenvalue weighted by Gasteiger charge is -2.10. The standard InChI is InChI=1S/C20H19N3O2/c1-4-23-19-10-9-16(25-3)11-17(19)18(12-21)20(23)14-5-7-15(8-6-14)22-13(2)24/h5-11H,4H2,1-3H3,(H,22,24). The van der Waals surface area contributed by atoms with Crippen molar-refractivity contribution in [3.63, 3.8) is 0 Å². The molecule has 0 bridgehead atoms. The monoisotopic (exact) mass is 333 g/mol. The van der Waals surface area contributed by atoms with Crippen molar-refractivity contribution in [1.82, 2.24) is 4.57 Å². The highest BCUT2D eigenvalue weighted by Gasteiger charge is 2.18. The van der Waals surface area contributed by atoms with Crippen molar-refractivity contribution in [2.45, 2.75) is 20.4 Å². The van der Waals surface area contributed by atoms with Gasteiger partial charge in [0.05, 0.1) is 23.9 Å². The molecule has 3 aromatic rings. The third kappa shape index (κ3) is 2.94. The van der Waals surface area contributed by atoms with Gasteiger partial charge in [-0.3, -0.25) is 4.79 Å². The lowest BCUT2D eigenvalue weighted by atomic mass is 10.1. The summed E-state index contributed by atoms with van der Waals surface area (Å²) in [6, 6.07) is 15.7. The van der Waals surface area contributed by atoms with Crippen LogP contribution in [0.2, 0.25) is 0 Å². The molecule has 25 heavy (non-hydrogen) atoms. The van der Waals surface area contributed by atoms with Crippen LogP contribution in [0.4, 0.5) is 5.69 Å². The molecule has 2 aromatic carbocycles. The van der Waals surface area contributed by atoms with Crippen LogP contribution in [0.25, 0.3) is 22.2 Å². The van der Waals surface area contributed by atoms with E-state index in [-0.39, 0.29) is 5.91 Å². The number of fused-ring (bicyclic) bond motifs is 1. The third-order valence-electron chi connectivity index (χ3n) is 4.18. The summed E-state index contributed by atoms with van der Waals surface area (Å²) in [6.45, 7) is 4.28. The summed E-state index contributed by atoms with van der Waals surface area (Å²) in [4.78, 5) is 11.2. The average molecular weight is 333 g/mol. The molecule has 0 saturated heterocycles. The molecular weight excluding hydrogens is 314 g/mol. The summed E-state index contributed by atoms with van der Waals surface area (Å²) in [5, 5.41) is 13.4. The van der Waals surface area contributed by atoms with Crippen molar-refractivity contribution >= 4 is 22.5 Å². The van der Waals surface area contributed by atoms with Gasteiger partial charge in [-0.1, -0.05) is 12.1 Å². The van der Waals surface area contributed by atoms with Gasteiger partial charge in [0.2, 0.25) is 5.91 Å². The fraction of sp³-hybridized carbons (Fsp3) is 0.200. The van der Waals surface area contributed by atoms with Gasteiger partial charge in [0.1, 0.15) is 11.8 Å². The smallest absolute Gasteiger partial charge is 0.221 e. The van der Waals surface area contributed by atoms with Crippen molar-refractivity contribution in [3.8, 4) is 23.1 Å². The number of amides is 1. The molecule has 5 nitrogen and oxygen atoms in total. The van der Waals surface area contributed by atoms with Gasteiger partial charge >= 0.3 is 0 Å². The van der Waals surface area contributed by atoms with Gasteiger partial charge in [-0.25, -0.2) is 0 Å². The summed E-state index contributed by atoms with van der Waals surface area (Å²) in [5.74, 6) is 0.616. The Bertz CT molecular complexity index is 979. The predicted molar refractivity (Wildman–Crippen MR) is 98.6 cm³/mol. The quantitative estimate of drug-likeness (QED) is 0.779. The Hall–Kier alpha value is -3.26. The minimum Gasteiger partial charge on any atom is -0.497 e. The Balaban J connectivity index is 2.21. The number of aromatic nitrogens is 1. The van der Waals surface area contributed by atoms with Crippen LogP contribution in [0.1, 0.15) is 19.4 Å². The predicted octanol–water partition coefficient (Wildman–Crippen LogP) is 4.17. The number of carbonyl (C=O) groups excluding carboxylic acids is 1. The number of methoxy groups -OCH3 is 1. The lowest BCUT2D eigenvalue weighted by Crippen LogP contribution is -2.05. The fourth-order valence-electron chi connectivity index (χ4n) is 3.12. The van der Waals surface area contributed by atoms with Gasteiger partial charge in [0, 0.05) is 24.5 Å². The van der Waals surface area contributed by atoms with Crippen LogP contribution in [0.5, 0.6) is 5.75 Å². The Morgan fingerprint density at radius 1 is 1.24 bits per heavy atom. The lowest BCUT2D eigenvalue weighted by molar-refractivity contribution is -0.114. The molecule has 5 heteroatoms. The first-order chi connectivity index (χ1) is 12.1. The molecule has 0 radical (unpaired) electrons. The maximum Gasteiger partial charge on any atom is 0.221 e. The highest BCUT2D eigenvalue weighted by atomic mass is 16.5. The van der Waals surface area contributed by atoms with Crippen molar-refractivity contribution in [2.24, 2.45) is 0 Å². The number of benzene rings is 2. The van der Waals surface area contributed by atoms with Gasteiger partial charge < -0.3 is 14.6 Å². The van der Waals surface area contributed by atoms with Crippen molar-refractivity contribution in [3.05, 3.63) is 48.0 Å². The number of hydrogen-bond acceptors (Lipinski definition) is 3. The molecule has 0 fully saturated rings. The van der Waals surface area contributed by atoms with Gasteiger partial charge in [-0.05, 0) is 42.8 Å². The summed E-state index contributed by atoms with van der Waals surface area (Å²) in [7, 11) is 1.62. The second-order valence-corrected chi connectivity index (χ2v) is 5.72. The highest BCUT2D eigenvalue weighted by Crippen LogP contribution is 2.35. The molecule has 1 heterocycles. The number of hydrogen-bond donors (Lipinski definition) is 1. The van der Waals surface area contributed by atoms with Gasteiger partial charge in [-0.15, -0.1) is 0 Å². The highest BCUT2D eigenvalue weighted by molar-refractivity contribution is 5.96. The fourth-order valence-corrected chi connectivity index (χ4v) is 3.12. The zero-order valence-corrected chi connectivity index (χ0v) is 14.5. The Labute approximate surface area is 146 Å². The molecule has 0 aliphatic heterocycles. The van der Waals surface area contributed by atoms with E-state index in [9.17, 15) is 10.1 Å². The summed E-state index contributed by atoms with van der Waals surface area (Å²) in [5.41, 5.74) is 4.17. The number of rotatable bonds is 4. The number of carbonyl (C=O) groups is 1. The van der Waals surface area contributed by atoms with Gasteiger partial charge in [-0.2, -0.15) is 5.26 Å². The van der Waals surface area contributed by atoms with E-state index in [0.29, 0.717) is 5.56 Å². The first-order valence-corrected chi connectivity index (χ1v) is 8.07. The number of nitriles is 1. The maximum atomic E-state index is 11.2. The first kappa shape index (κ1) is 16.6. The van der Waals surface area contributed by atoms with E-state index in [1.54, 1.807) is 7.11 Å². The number of ether oxygens (including phenoxy) is 1. The van der Waals surface area contributed by atoms with Crippen LogP contribution in [0.15, 0.2) is 42.5 Å². The third-order valence-corrected chi connectivity index (χ3v) is 4.18.